The largest absolute Gasteiger partial charge is 0.508 e. The summed E-state index contributed by atoms with van der Waals surface area (Å²) in [6.45, 7) is 8.28. The zero-order valence-electron chi connectivity index (χ0n) is 19.4. The predicted octanol–water partition coefficient (Wildman–Crippen LogP) is 1.87. The number of phenols is 1. The number of amides is 3. The van der Waals surface area contributed by atoms with Crippen LogP contribution < -0.4 is 10.6 Å². The van der Waals surface area contributed by atoms with Crippen molar-refractivity contribution in [2.24, 2.45) is 0 Å². The lowest BCUT2D eigenvalue weighted by atomic mass is 10.0. The van der Waals surface area contributed by atoms with Crippen molar-refractivity contribution in [1.82, 2.24) is 15.5 Å². The van der Waals surface area contributed by atoms with E-state index in [1.54, 1.807) is 20.8 Å². The third-order valence-corrected chi connectivity index (χ3v) is 4.25. The van der Waals surface area contributed by atoms with Crippen molar-refractivity contribution in [2.45, 2.75) is 58.7 Å². The van der Waals surface area contributed by atoms with E-state index in [-0.39, 0.29) is 18.8 Å². The van der Waals surface area contributed by atoms with Crippen LogP contribution in [0, 0.1) is 0 Å². The van der Waals surface area contributed by atoms with Gasteiger partial charge in [0.25, 0.3) is 0 Å². The van der Waals surface area contributed by atoms with Gasteiger partial charge in [0.1, 0.15) is 30.0 Å². The molecule has 0 aliphatic heterocycles. The van der Waals surface area contributed by atoms with Crippen molar-refractivity contribution < 1.29 is 33.8 Å². The minimum atomic E-state index is -1.10. The first kappa shape index (κ1) is 26.7. The lowest BCUT2D eigenvalue weighted by Gasteiger charge is -2.33. The second-order valence-corrected chi connectivity index (χ2v) is 8.19. The SMILES string of the molecule is CCCN(C(=O)C(C)NC(=O)OC(C)(C)C)C(C(=O)NCC(=O)OC)c1ccc(O)cc1. The number of alkyl carbamates (subject to hydrolysis) is 1. The molecule has 0 bridgehead atoms. The van der Waals surface area contributed by atoms with Crippen LogP contribution in [0.1, 0.15) is 52.6 Å². The molecule has 0 saturated heterocycles. The van der Waals surface area contributed by atoms with Crippen LogP contribution in [0.3, 0.4) is 0 Å². The summed E-state index contributed by atoms with van der Waals surface area (Å²) in [7, 11) is 1.20. The molecule has 3 N–H and O–H groups in total. The molecule has 1 rings (SSSR count). The lowest BCUT2D eigenvalue weighted by Crippen LogP contribution is -2.52. The van der Waals surface area contributed by atoms with E-state index in [0.717, 1.165) is 0 Å². The maximum atomic E-state index is 13.2. The van der Waals surface area contributed by atoms with E-state index in [0.29, 0.717) is 12.0 Å². The number of hydrogen-bond acceptors (Lipinski definition) is 7. The Morgan fingerprint density at radius 1 is 1.12 bits per heavy atom. The third-order valence-electron chi connectivity index (χ3n) is 4.25. The van der Waals surface area contributed by atoms with Crippen molar-refractivity contribution in [1.29, 1.82) is 0 Å². The van der Waals surface area contributed by atoms with Gasteiger partial charge in [-0.2, -0.15) is 0 Å². The van der Waals surface area contributed by atoms with Crippen LogP contribution in [0.2, 0.25) is 0 Å². The molecule has 10 heteroatoms. The number of nitrogens with zero attached hydrogens (tertiary/aromatic N) is 1. The fraction of sp³-hybridized carbons (Fsp3) is 0.545. The van der Waals surface area contributed by atoms with Gasteiger partial charge in [0.2, 0.25) is 11.8 Å². The monoisotopic (exact) mass is 451 g/mol. The van der Waals surface area contributed by atoms with E-state index < -0.39 is 41.6 Å². The Bertz CT molecular complexity index is 803. The minimum absolute atomic E-state index is 0.00389. The Balaban J connectivity index is 3.20. The average molecular weight is 452 g/mol. The topological polar surface area (TPSA) is 134 Å². The molecule has 0 radical (unpaired) electrons. The predicted molar refractivity (Wildman–Crippen MR) is 117 cm³/mol. The number of carbonyl (C=O) groups is 4. The summed E-state index contributed by atoms with van der Waals surface area (Å²) < 4.78 is 9.75. The zero-order chi connectivity index (χ0) is 24.5. The fourth-order valence-electron chi connectivity index (χ4n) is 2.86. The second kappa shape index (κ2) is 11.9. The normalized spacial score (nSPS) is 12.8. The van der Waals surface area contributed by atoms with Gasteiger partial charge < -0.3 is 30.1 Å². The molecular weight excluding hydrogens is 418 g/mol. The van der Waals surface area contributed by atoms with Crippen LogP contribution in [0.4, 0.5) is 4.79 Å². The summed E-state index contributed by atoms with van der Waals surface area (Å²) in [6, 6.07) is 3.74. The van der Waals surface area contributed by atoms with E-state index in [4.69, 9.17) is 4.74 Å². The number of ether oxygens (including phenoxy) is 2. The van der Waals surface area contributed by atoms with Crippen molar-refractivity contribution >= 4 is 23.9 Å². The highest BCUT2D eigenvalue weighted by atomic mass is 16.6. The van der Waals surface area contributed by atoms with Crippen LogP contribution in [-0.4, -0.2) is 65.7 Å². The van der Waals surface area contributed by atoms with Gasteiger partial charge in [0.15, 0.2) is 0 Å². The summed E-state index contributed by atoms with van der Waals surface area (Å²) in [5, 5.41) is 14.6. The molecule has 1 aromatic rings. The van der Waals surface area contributed by atoms with Crippen molar-refractivity contribution in [3.8, 4) is 5.75 Å². The third kappa shape index (κ3) is 8.44. The van der Waals surface area contributed by atoms with Gasteiger partial charge in [-0.1, -0.05) is 19.1 Å². The zero-order valence-corrected chi connectivity index (χ0v) is 19.4. The first-order valence-electron chi connectivity index (χ1n) is 10.3. The second-order valence-electron chi connectivity index (χ2n) is 8.19. The summed E-state index contributed by atoms with van der Waals surface area (Å²) in [5.74, 6) is -1.76. The Kier molecular flexibility index (Phi) is 9.96. The molecule has 0 spiro atoms. The quantitative estimate of drug-likeness (QED) is 0.488. The number of rotatable bonds is 9. The molecule has 1 aromatic carbocycles. The van der Waals surface area contributed by atoms with Crippen LogP contribution >= 0.6 is 0 Å². The van der Waals surface area contributed by atoms with Gasteiger partial charge in [-0.25, -0.2) is 4.79 Å². The van der Waals surface area contributed by atoms with E-state index in [1.807, 2.05) is 6.92 Å². The number of phenolic OH excluding ortho intramolecular Hbond substituents is 1. The maximum absolute atomic E-state index is 13.2. The lowest BCUT2D eigenvalue weighted by molar-refractivity contribution is -0.144. The van der Waals surface area contributed by atoms with Crippen molar-refractivity contribution in [2.75, 3.05) is 20.2 Å². The van der Waals surface area contributed by atoms with Gasteiger partial charge in [0.05, 0.1) is 7.11 Å². The smallest absolute Gasteiger partial charge is 0.408 e. The Hall–Kier alpha value is -3.30. The Morgan fingerprint density at radius 2 is 1.72 bits per heavy atom. The summed E-state index contributed by atoms with van der Waals surface area (Å²) in [6.07, 6.45) is -0.227. The van der Waals surface area contributed by atoms with E-state index in [2.05, 4.69) is 15.4 Å². The number of hydrogen-bond donors (Lipinski definition) is 3. The fourth-order valence-corrected chi connectivity index (χ4v) is 2.86. The molecule has 0 fully saturated rings. The van der Waals surface area contributed by atoms with Gasteiger partial charge in [-0.3, -0.25) is 14.4 Å². The van der Waals surface area contributed by atoms with Gasteiger partial charge in [-0.05, 0) is 51.8 Å². The number of methoxy groups -OCH3 is 1. The minimum Gasteiger partial charge on any atom is -0.508 e. The highest BCUT2D eigenvalue weighted by Gasteiger charge is 2.34. The van der Waals surface area contributed by atoms with E-state index in [1.165, 1.54) is 43.2 Å². The van der Waals surface area contributed by atoms with Crippen molar-refractivity contribution in [3.05, 3.63) is 29.8 Å². The Morgan fingerprint density at radius 3 is 2.22 bits per heavy atom. The molecular formula is C22H33N3O7. The summed E-state index contributed by atoms with van der Waals surface area (Å²) >= 11 is 0. The summed E-state index contributed by atoms with van der Waals surface area (Å²) in [4.78, 5) is 51.2. The Labute approximate surface area is 188 Å². The molecule has 10 nitrogen and oxygen atoms in total. The highest BCUT2D eigenvalue weighted by molar-refractivity contribution is 5.93. The molecule has 2 atom stereocenters. The van der Waals surface area contributed by atoms with Crippen LogP contribution in [-0.2, 0) is 23.9 Å². The summed E-state index contributed by atoms with van der Waals surface area (Å²) in [5.41, 5.74) is -0.311. The standard InChI is InChI=1S/C22H33N3O7/c1-7-12-25(20(29)14(2)24-21(30)32-22(3,4)5)18(15-8-10-16(26)11-9-15)19(28)23-13-17(27)31-6/h8-11,14,18,26H,7,12-13H2,1-6H3,(H,23,28)(H,24,30). The molecule has 32 heavy (non-hydrogen) atoms. The van der Waals surface area contributed by atoms with Crippen LogP contribution in [0.5, 0.6) is 5.75 Å². The molecule has 0 aliphatic carbocycles. The van der Waals surface area contributed by atoms with Crippen LogP contribution in [0.15, 0.2) is 24.3 Å². The number of benzene rings is 1. The number of carbonyl (C=O) groups excluding carboxylic acids is 4. The molecule has 0 aromatic heterocycles. The van der Waals surface area contributed by atoms with Crippen LogP contribution in [0.25, 0.3) is 0 Å². The number of aromatic hydroxyl groups is 1. The first-order chi connectivity index (χ1) is 14.9. The highest BCUT2D eigenvalue weighted by Crippen LogP contribution is 2.24. The van der Waals surface area contributed by atoms with E-state index >= 15 is 0 Å². The average Bonchev–Trinajstić information content (AvgIpc) is 2.70. The molecule has 0 aliphatic rings. The number of nitrogens with one attached hydrogen (secondary N) is 2. The number of esters is 1. The molecule has 0 saturated carbocycles. The van der Waals surface area contributed by atoms with Gasteiger partial charge in [0, 0.05) is 6.54 Å². The maximum Gasteiger partial charge on any atom is 0.408 e. The molecule has 3 amide bonds. The molecule has 178 valence electrons. The molecule has 0 heterocycles. The van der Waals surface area contributed by atoms with E-state index in [9.17, 15) is 24.3 Å². The molecule has 2 unspecified atom stereocenters. The van der Waals surface area contributed by atoms with Gasteiger partial charge >= 0.3 is 12.1 Å². The van der Waals surface area contributed by atoms with Crippen molar-refractivity contribution in [3.63, 3.8) is 0 Å². The first-order valence-corrected chi connectivity index (χ1v) is 10.3. The van der Waals surface area contributed by atoms with Gasteiger partial charge in [-0.15, -0.1) is 0 Å².